The van der Waals surface area contributed by atoms with E-state index >= 15 is 0 Å². The zero-order valence-corrected chi connectivity index (χ0v) is 8.90. The molecule has 0 saturated heterocycles. The van der Waals surface area contributed by atoms with Crippen molar-refractivity contribution in [2.24, 2.45) is 0 Å². The number of hydrogen-bond donors (Lipinski definition) is 2. The first-order valence-corrected chi connectivity index (χ1v) is 5.38. The second-order valence-electron chi connectivity index (χ2n) is 2.29. The number of hydrogen-bond acceptors (Lipinski definition) is 4. The molecule has 0 aliphatic heterocycles. The largest absolute Gasteiger partial charge is 0.364 e. The SMILES string of the molecule is CCO[P+](NC)(NC)N(C)C. The summed E-state index contributed by atoms with van der Waals surface area (Å²) >= 11 is 0. The van der Waals surface area contributed by atoms with Gasteiger partial charge < -0.3 is 0 Å². The van der Waals surface area contributed by atoms with Gasteiger partial charge in [-0.1, -0.05) is 0 Å². The standard InChI is InChI=1S/C6H19N3OP/c1-6-10-11(7-2,8-3)9(4)5/h7-8H,6H2,1-5H3/q+1. The fraction of sp³-hybridized carbons (Fsp3) is 1.00. The summed E-state index contributed by atoms with van der Waals surface area (Å²) in [5.74, 6) is 0. The van der Waals surface area contributed by atoms with Gasteiger partial charge in [0, 0.05) is 28.2 Å². The summed E-state index contributed by atoms with van der Waals surface area (Å²) in [6.07, 6.45) is 0. The molecule has 0 bridgehead atoms. The van der Waals surface area contributed by atoms with Crippen molar-refractivity contribution in [3.8, 4) is 0 Å². The molecule has 0 saturated carbocycles. The highest BCUT2D eigenvalue weighted by atomic mass is 31.2. The lowest BCUT2D eigenvalue weighted by molar-refractivity contribution is 0.317. The first kappa shape index (κ1) is 11.3. The Morgan fingerprint density at radius 3 is 1.82 bits per heavy atom. The quantitative estimate of drug-likeness (QED) is 0.611. The van der Waals surface area contributed by atoms with Crippen LogP contribution in [0, 0.1) is 0 Å². The van der Waals surface area contributed by atoms with E-state index in [0.29, 0.717) is 6.61 Å². The lowest BCUT2D eigenvalue weighted by Gasteiger charge is -2.26. The van der Waals surface area contributed by atoms with E-state index in [0.717, 1.165) is 0 Å². The van der Waals surface area contributed by atoms with Crippen molar-refractivity contribution in [1.82, 2.24) is 14.8 Å². The molecule has 0 rings (SSSR count). The first-order valence-electron chi connectivity index (χ1n) is 3.72. The van der Waals surface area contributed by atoms with Crippen LogP contribution in [-0.4, -0.2) is 39.5 Å². The topological polar surface area (TPSA) is 36.5 Å². The third-order valence-corrected chi connectivity index (χ3v) is 4.46. The van der Waals surface area contributed by atoms with Crippen LogP contribution in [0.1, 0.15) is 6.92 Å². The maximum atomic E-state index is 5.60. The third kappa shape index (κ3) is 2.65. The van der Waals surface area contributed by atoms with Gasteiger partial charge in [-0.2, -0.15) is 4.52 Å². The Balaban J connectivity index is 4.20. The summed E-state index contributed by atoms with van der Waals surface area (Å²) in [5.41, 5.74) is 0. The van der Waals surface area contributed by atoms with Crippen LogP contribution in [0.3, 0.4) is 0 Å². The van der Waals surface area contributed by atoms with E-state index in [9.17, 15) is 0 Å². The van der Waals surface area contributed by atoms with Crippen LogP contribution in [0.5, 0.6) is 0 Å². The van der Waals surface area contributed by atoms with Crippen molar-refractivity contribution < 1.29 is 4.52 Å². The molecule has 0 atom stereocenters. The van der Waals surface area contributed by atoms with Gasteiger partial charge in [0.15, 0.2) is 0 Å². The lowest BCUT2D eigenvalue weighted by Crippen LogP contribution is -2.35. The third-order valence-electron chi connectivity index (χ3n) is 1.49. The Hall–Kier alpha value is 0.270. The van der Waals surface area contributed by atoms with E-state index in [4.69, 9.17) is 4.52 Å². The van der Waals surface area contributed by atoms with Crippen LogP contribution >= 0.6 is 7.94 Å². The van der Waals surface area contributed by atoms with E-state index in [1.165, 1.54) is 0 Å². The molecule has 4 nitrogen and oxygen atoms in total. The van der Waals surface area contributed by atoms with Crippen LogP contribution in [0.15, 0.2) is 0 Å². The molecule has 11 heavy (non-hydrogen) atoms. The predicted octanol–water partition coefficient (Wildman–Crippen LogP) is 0.701. The first-order chi connectivity index (χ1) is 5.13. The summed E-state index contributed by atoms with van der Waals surface area (Å²) in [4.78, 5) is 0. The van der Waals surface area contributed by atoms with E-state index in [2.05, 4.69) is 14.8 Å². The number of rotatable bonds is 5. The van der Waals surface area contributed by atoms with Gasteiger partial charge >= 0.3 is 7.94 Å². The molecule has 0 amide bonds. The van der Waals surface area contributed by atoms with Crippen molar-refractivity contribution in [2.45, 2.75) is 6.92 Å². The van der Waals surface area contributed by atoms with Crippen LogP contribution < -0.4 is 10.2 Å². The molecule has 2 N–H and O–H groups in total. The fourth-order valence-electron chi connectivity index (χ4n) is 0.943. The van der Waals surface area contributed by atoms with Gasteiger partial charge in [0.25, 0.3) is 0 Å². The maximum absolute atomic E-state index is 5.60. The van der Waals surface area contributed by atoms with Crippen molar-refractivity contribution in [2.75, 3.05) is 34.8 Å². The Bertz CT molecular complexity index is 106. The zero-order chi connectivity index (χ0) is 8.91. The summed E-state index contributed by atoms with van der Waals surface area (Å²) in [6, 6.07) is 0. The molecule has 5 heteroatoms. The maximum Gasteiger partial charge on any atom is 0.364 e. The average Bonchev–Trinajstić information content (AvgIpc) is 2.00. The Kier molecular flexibility index (Phi) is 5.13. The Morgan fingerprint density at radius 1 is 1.27 bits per heavy atom. The highest BCUT2D eigenvalue weighted by Crippen LogP contribution is 2.51. The number of nitrogens with one attached hydrogen (secondary N) is 2. The van der Waals surface area contributed by atoms with Gasteiger partial charge in [0.2, 0.25) is 0 Å². The monoisotopic (exact) mass is 180 g/mol. The van der Waals surface area contributed by atoms with Crippen molar-refractivity contribution in [1.29, 1.82) is 0 Å². The summed E-state index contributed by atoms with van der Waals surface area (Å²) < 4.78 is 7.66. The molecular weight excluding hydrogens is 161 g/mol. The normalized spacial score (nSPS) is 12.5. The van der Waals surface area contributed by atoms with Crippen molar-refractivity contribution >= 4 is 7.94 Å². The molecule has 68 valence electrons. The Labute approximate surface area is 69.9 Å². The van der Waals surface area contributed by atoms with Gasteiger partial charge in [-0.3, -0.25) is 0 Å². The van der Waals surface area contributed by atoms with Gasteiger partial charge in [0.05, 0.1) is 6.61 Å². The van der Waals surface area contributed by atoms with Gasteiger partial charge in [0.1, 0.15) is 0 Å². The molecular formula is C6H19N3OP+. The van der Waals surface area contributed by atoms with Gasteiger partial charge in [-0.05, 0) is 6.92 Å². The van der Waals surface area contributed by atoms with Gasteiger partial charge in [-0.15, -0.1) is 14.8 Å². The molecule has 0 radical (unpaired) electrons. The fourth-order valence-corrected chi connectivity index (χ4v) is 2.83. The van der Waals surface area contributed by atoms with E-state index < -0.39 is 7.94 Å². The smallest absolute Gasteiger partial charge is 0.182 e. The minimum absolute atomic E-state index is 0.716. The zero-order valence-electron chi connectivity index (χ0n) is 8.01. The summed E-state index contributed by atoms with van der Waals surface area (Å²) in [5, 5.41) is 6.34. The van der Waals surface area contributed by atoms with Crippen LogP contribution in [0.4, 0.5) is 0 Å². The Morgan fingerprint density at radius 2 is 1.73 bits per heavy atom. The minimum Gasteiger partial charge on any atom is -0.182 e. The van der Waals surface area contributed by atoms with E-state index in [1.54, 1.807) is 0 Å². The molecule has 0 fully saturated rings. The highest BCUT2D eigenvalue weighted by Gasteiger charge is 2.40. The second kappa shape index (κ2) is 5.01. The molecule has 0 aromatic heterocycles. The molecule has 0 aromatic rings. The van der Waals surface area contributed by atoms with Crippen molar-refractivity contribution in [3.63, 3.8) is 0 Å². The highest BCUT2D eigenvalue weighted by molar-refractivity contribution is 7.64. The van der Waals surface area contributed by atoms with E-state index in [-0.39, 0.29) is 0 Å². The molecule has 0 heterocycles. The summed E-state index contributed by atoms with van der Waals surface area (Å²) in [6.45, 7) is 2.71. The average molecular weight is 180 g/mol. The molecule has 0 unspecified atom stereocenters. The molecule has 0 aromatic carbocycles. The second-order valence-corrected chi connectivity index (χ2v) is 5.39. The summed E-state index contributed by atoms with van der Waals surface area (Å²) in [7, 11) is 6.10. The predicted molar refractivity (Wildman–Crippen MR) is 50.4 cm³/mol. The molecule has 0 aliphatic rings. The van der Waals surface area contributed by atoms with Crippen LogP contribution in [0.25, 0.3) is 0 Å². The molecule has 0 spiro atoms. The van der Waals surface area contributed by atoms with Crippen LogP contribution in [-0.2, 0) is 4.52 Å². The van der Waals surface area contributed by atoms with Crippen LogP contribution in [0.2, 0.25) is 0 Å². The van der Waals surface area contributed by atoms with Gasteiger partial charge in [-0.25, -0.2) is 0 Å². The van der Waals surface area contributed by atoms with E-state index in [1.807, 2.05) is 35.1 Å². The lowest BCUT2D eigenvalue weighted by atomic mass is 10.9. The van der Waals surface area contributed by atoms with Crippen molar-refractivity contribution in [3.05, 3.63) is 0 Å². The number of nitrogens with zero attached hydrogens (tertiary/aromatic N) is 1. The minimum atomic E-state index is -1.70. The molecule has 0 aliphatic carbocycles.